The van der Waals surface area contributed by atoms with Crippen LogP contribution in [0.25, 0.3) is 0 Å². The third-order valence-electron chi connectivity index (χ3n) is 2.69. The Morgan fingerprint density at radius 2 is 1.05 bits per heavy atom. The van der Waals surface area contributed by atoms with E-state index in [0.29, 0.717) is 5.92 Å². The highest BCUT2D eigenvalue weighted by Crippen LogP contribution is 2.31. The molecule has 0 saturated carbocycles. The van der Waals surface area contributed by atoms with Crippen LogP contribution in [0.5, 0.6) is 0 Å². The Bertz CT molecular complexity index is 251. The predicted octanol–water partition coefficient (Wildman–Crippen LogP) is 7.58. The van der Waals surface area contributed by atoms with Gasteiger partial charge in [-0.2, -0.15) is 0 Å². The Hall–Kier alpha value is -0.780. The van der Waals surface area contributed by atoms with Gasteiger partial charge < -0.3 is 0 Å². The normalized spacial score (nSPS) is 16.1. The predicted molar refractivity (Wildman–Crippen MR) is 95.8 cm³/mol. The van der Waals surface area contributed by atoms with Gasteiger partial charge in [-0.05, 0) is 43.4 Å². The number of hydrogen-bond acceptors (Lipinski definition) is 0. The van der Waals surface area contributed by atoms with Crippen LogP contribution >= 0.6 is 0 Å². The second-order valence-corrected chi connectivity index (χ2v) is 3.41. The summed E-state index contributed by atoms with van der Waals surface area (Å²) in [5, 5.41) is 0. The molecule has 1 aliphatic carbocycles. The van der Waals surface area contributed by atoms with Crippen LogP contribution in [0.15, 0.2) is 34.9 Å². The summed E-state index contributed by atoms with van der Waals surface area (Å²) in [6.07, 6.45) is 2.28. The molecular formula is C19H40. The molecule has 116 valence electrons. The lowest BCUT2D eigenvalue weighted by Crippen LogP contribution is -2.05. The van der Waals surface area contributed by atoms with Crippen LogP contribution in [-0.2, 0) is 0 Å². The second-order valence-electron chi connectivity index (χ2n) is 3.41. The molecule has 1 atom stereocenters. The first-order valence-corrected chi connectivity index (χ1v) is 8.09. The Balaban J connectivity index is -0.000000121. The van der Waals surface area contributed by atoms with Gasteiger partial charge >= 0.3 is 0 Å². The van der Waals surface area contributed by atoms with Crippen molar-refractivity contribution in [2.45, 2.75) is 83.1 Å². The van der Waals surface area contributed by atoms with Gasteiger partial charge in [0.2, 0.25) is 0 Å². The van der Waals surface area contributed by atoms with Crippen molar-refractivity contribution in [3.05, 3.63) is 34.9 Å². The first-order valence-electron chi connectivity index (χ1n) is 8.09. The zero-order valence-corrected chi connectivity index (χ0v) is 15.9. The maximum Gasteiger partial charge on any atom is -0.000777 e. The van der Waals surface area contributed by atoms with Gasteiger partial charge in [0.25, 0.3) is 0 Å². The van der Waals surface area contributed by atoms with E-state index in [-0.39, 0.29) is 0 Å². The van der Waals surface area contributed by atoms with Crippen molar-refractivity contribution in [1.82, 2.24) is 0 Å². The highest BCUT2D eigenvalue weighted by atomic mass is 14.2. The molecule has 0 heteroatoms. The van der Waals surface area contributed by atoms with Crippen molar-refractivity contribution in [1.29, 1.82) is 0 Å². The maximum atomic E-state index is 4.06. The summed E-state index contributed by atoms with van der Waals surface area (Å²) in [6.45, 7) is 28.7. The number of rotatable bonds is 0. The fourth-order valence-electron chi connectivity index (χ4n) is 1.48. The summed E-state index contributed by atoms with van der Waals surface area (Å²) >= 11 is 0. The van der Waals surface area contributed by atoms with Gasteiger partial charge in [0.05, 0.1) is 0 Å². The summed E-state index contributed by atoms with van der Waals surface area (Å²) in [7, 11) is 0. The molecule has 1 aliphatic rings. The van der Waals surface area contributed by atoms with E-state index < -0.39 is 0 Å². The zero-order valence-electron chi connectivity index (χ0n) is 15.9. The minimum absolute atomic E-state index is 0.527. The molecule has 0 aromatic heterocycles. The monoisotopic (exact) mass is 268 g/mol. The van der Waals surface area contributed by atoms with E-state index in [9.17, 15) is 0 Å². The van der Waals surface area contributed by atoms with Crippen LogP contribution in [0, 0.1) is 5.92 Å². The second kappa shape index (κ2) is 19.6. The Morgan fingerprint density at radius 1 is 0.737 bits per heavy atom. The van der Waals surface area contributed by atoms with E-state index in [4.69, 9.17) is 0 Å². The van der Waals surface area contributed by atoms with Crippen LogP contribution in [0.2, 0.25) is 0 Å². The van der Waals surface area contributed by atoms with Gasteiger partial charge in [-0.3, -0.25) is 0 Å². The molecule has 0 aliphatic heterocycles. The fourth-order valence-corrected chi connectivity index (χ4v) is 1.48. The lowest BCUT2D eigenvalue weighted by atomic mass is 9.84. The van der Waals surface area contributed by atoms with Gasteiger partial charge in [0.15, 0.2) is 0 Å². The van der Waals surface area contributed by atoms with E-state index >= 15 is 0 Å². The Kier molecular flexibility index (Phi) is 27.5. The standard InChI is InChI=1S/C11H16.4C2H6/c1-7-6-8(2)10(4)11(5)9(7)3;4*1-2/h6-7H,3H2,1-2,4-5H3;4*1-2H3. The molecule has 0 aromatic carbocycles. The molecule has 0 aromatic rings. The van der Waals surface area contributed by atoms with Crippen LogP contribution in [0.3, 0.4) is 0 Å². The first-order chi connectivity index (χ1) is 9.04. The van der Waals surface area contributed by atoms with Crippen molar-refractivity contribution < 1.29 is 0 Å². The molecule has 1 unspecified atom stereocenters. The molecule has 0 N–H and O–H groups in total. The third-order valence-corrected chi connectivity index (χ3v) is 2.69. The van der Waals surface area contributed by atoms with E-state index in [1.165, 1.54) is 22.3 Å². The van der Waals surface area contributed by atoms with Gasteiger partial charge in [0.1, 0.15) is 0 Å². The molecule has 0 bridgehead atoms. The Morgan fingerprint density at radius 3 is 1.37 bits per heavy atom. The van der Waals surface area contributed by atoms with Gasteiger partial charge in [0, 0.05) is 0 Å². The van der Waals surface area contributed by atoms with E-state index in [1.807, 2.05) is 55.4 Å². The highest BCUT2D eigenvalue weighted by Gasteiger charge is 2.14. The smallest absolute Gasteiger partial charge is 0.000777 e. The summed E-state index contributed by atoms with van der Waals surface area (Å²) < 4.78 is 0. The van der Waals surface area contributed by atoms with Crippen molar-refractivity contribution in [2.75, 3.05) is 0 Å². The number of allylic oxidation sites excluding steroid dienone is 5. The van der Waals surface area contributed by atoms with Gasteiger partial charge in [-0.1, -0.05) is 80.5 Å². The molecule has 0 nitrogen and oxygen atoms in total. The van der Waals surface area contributed by atoms with Crippen LogP contribution in [0.1, 0.15) is 83.1 Å². The molecule has 0 heterocycles. The number of hydrogen-bond donors (Lipinski definition) is 0. The Labute approximate surface area is 124 Å². The fraction of sp³-hybridized carbons (Fsp3) is 0.684. The van der Waals surface area contributed by atoms with Crippen LogP contribution in [0.4, 0.5) is 0 Å². The lowest BCUT2D eigenvalue weighted by Gasteiger charge is -2.21. The molecule has 0 radical (unpaired) electrons. The minimum atomic E-state index is 0.527. The van der Waals surface area contributed by atoms with Crippen LogP contribution in [-0.4, -0.2) is 0 Å². The lowest BCUT2D eigenvalue weighted by molar-refractivity contribution is 0.843. The summed E-state index contributed by atoms with van der Waals surface area (Å²) in [5.74, 6) is 0.527. The molecule has 0 amide bonds. The average molecular weight is 269 g/mol. The van der Waals surface area contributed by atoms with Crippen molar-refractivity contribution in [2.24, 2.45) is 5.92 Å². The highest BCUT2D eigenvalue weighted by molar-refractivity contribution is 5.47. The largest absolute Gasteiger partial charge is 0.0950 e. The first kappa shape index (κ1) is 26.7. The minimum Gasteiger partial charge on any atom is -0.0950 e. The van der Waals surface area contributed by atoms with Crippen molar-refractivity contribution >= 4 is 0 Å². The van der Waals surface area contributed by atoms with Gasteiger partial charge in [-0.25, -0.2) is 0 Å². The summed E-state index contributed by atoms with van der Waals surface area (Å²) in [5.41, 5.74) is 5.45. The van der Waals surface area contributed by atoms with Crippen molar-refractivity contribution in [3.8, 4) is 0 Å². The topological polar surface area (TPSA) is 0 Å². The summed E-state index contributed by atoms with van der Waals surface area (Å²) in [4.78, 5) is 0. The third kappa shape index (κ3) is 10.8. The molecular weight excluding hydrogens is 228 g/mol. The molecule has 19 heavy (non-hydrogen) atoms. The van der Waals surface area contributed by atoms with Crippen LogP contribution < -0.4 is 0 Å². The van der Waals surface area contributed by atoms with Crippen molar-refractivity contribution in [3.63, 3.8) is 0 Å². The van der Waals surface area contributed by atoms with E-state index in [1.54, 1.807) is 0 Å². The SMILES string of the molecule is C=C1C(C)=C(C)C(C)=CC1C.CC.CC.CC.CC. The van der Waals surface area contributed by atoms with E-state index in [0.717, 1.165) is 0 Å². The molecule has 1 rings (SSSR count). The molecule has 0 spiro atoms. The maximum absolute atomic E-state index is 4.06. The zero-order chi connectivity index (χ0) is 16.6. The molecule has 0 saturated heterocycles. The average Bonchev–Trinajstić information content (AvgIpc) is 2.51. The molecule has 0 fully saturated rings. The van der Waals surface area contributed by atoms with Gasteiger partial charge in [-0.15, -0.1) is 0 Å². The van der Waals surface area contributed by atoms with E-state index in [2.05, 4.69) is 40.3 Å². The summed E-state index contributed by atoms with van der Waals surface area (Å²) in [6, 6.07) is 0. The quantitative estimate of drug-likeness (QED) is 0.424.